The molecular formula is C21H26ClN3O2. The number of halogens is 1. The van der Waals surface area contributed by atoms with Crippen LogP contribution in [0.15, 0.2) is 42.6 Å². The Labute approximate surface area is 165 Å². The summed E-state index contributed by atoms with van der Waals surface area (Å²) in [5, 5.41) is 3.54. The molecule has 0 unspecified atom stereocenters. The topological polar surface area (TPSA) is 54.5 Å². The van der Waals surface area contributed by atoms with Crippen LogP contribution in [-0.2, 0) is 0 Å². The van der Waals surface area contributed by atoms with Gasteiger partial charge in [0, 0.05) is 31.4 Å². The van der Waals surface area contributed by atoms with Crippen LogP contribution in [0.25, 0.3) is 0 Å². The molecule has 1 amide bonds. The van der Waals surface area contributed by atoms with Crippen molar-refractivity contribution in [3.63, 3.8) is 0 Å². The molecule has 1 aliphatic heterocycles. The summed E-state index contributed by atoms with van der Waals surface area (Å²) in [5.41, 5.74) is 0.344. The molecule has 27 heavy (non-hydrogen) atoms. The van der Waals surface area contributed by atoms with E-state index in [0.717, 1.165) is 19.5 Å². The predicted molar refractivity (Wildman–Crippen MR) is 108 cm³/mol. The zero-order valence-corrected chi connectivity index (χ0v) is 16.6. The molecule has 2 heterocycles. The average Bonchev–Trinajstić information content (AvgIpc) is 2.68. The number of nitrogens with one attached hydrogen (secondary N) is 1. The van der Waals surface area contributed by atoms with Crippen LogP contribution < -0.4 is 10.1 Å². The van der Waals surface area contributed by atoms with Gasteiger partial charge in [0.05, 0.1) is 5.02 Å². The van der Waals surface area contributed by atoms with Gasteiger partial charge in [-0.05, 0) is 57.4 Å². The van der Waals surface area contributed by atoms with E-state index >= 15 is 0 Å². The number of benzene rings is 1. The summed E-state index contributed by atoms with van der Waals surface area (Å²) in [7, 11) is 0. The number of amides is 1. The van der Waals surface area contributed by atoms with E-state index in [9.17, 15) is 4.79 Å². The standard InChI is InChI=1S/C21H26ClN3O2/c1-15(2)25-11-5-6-16(14-25)13-24-21(26)19-12-17(9-10-23-19)27-20-8-4-3-7-18(20)22/h3-4,7-10,12,15-16H,5-6,11,13-14H2,1-2H3,(H,24,26)/t16-/m1/s1. The Morgan fingerprint density at radius 1 is 1.37 bits per heavy atom. The molecule has 1 atom stereocenters. The van der Waals surface area contributed by atoms with Crippen molar-refractivity contribution in [1.82, 2.24) is 15.2 Å². The van der Waals surface area contributed by atoms with E-state index in [1.54, 1.807) is 30.5 Å². The third-order valence-electron chi connectivity index (χ3n) is 4.86. The molecule has 5 nitrogen and oxygen atoms in total. The van der Waals surface area contributed by atoms with Crippen LogP contribution in [0, 0.1) is 5.92 Å². The molecule has 0 bridgehead atoms. The van der Waals surface area contributed by atoms with E-state index in [1.165, 1.54) is 6.42 Å². The Morgan fingerprint density at radius 2 is 2.19 bits per heavy atom. The zero-order chi connectivity index (χ0) is 19.2. The van der Waals surface area contributed by atoms with E-state index in [1.807, 2.05) is 12.1 Å². The molecule has 2 aromatic rings. The number of hydrogen-bond acceptors (Lipinski definition) is 4. The summed E-state index contributed by atoms with van der Waals surface area (Å²) < 4.78 is 5.78. The Morgan fingerprint density at radius 3 is 2.96 bits per heavy atom. The first-order valence-corrected chi connectivity index (χ1v) is 9.81. The van der Waals surface area contributed by atoms with Gasteiger partial charge in [-0.25, -0.2) is 0 Å². The Balaban J connectivity index is 1.58. The first kappa shape index (κ1) is 19.6. The van der Waals surface area contributed by atoms with Gasteiger partial charge in [-0.2, -0.15) is 0 Å². The Kier molecular flexibility index (Phi) is 6.69. The second-order valence-electron chi connectivity index (χ2n) is 7.22. The highest BCUT2D eigenvalue weighted by Crippen LogP contribution is 2.28. The number of ether oxygens (including phenoxy) is 1. The van der Waals surface area contributed by atoms with Crippen molar-refractivity contribution in [3.05, 3.63) is 53.3 Å². The van der Waals surface area contributed by atoms with Gasteiger partial charge in [0.15, 0.2) is 0 Å². The quantitative estimate of drug-likeness (QED) is 0.799. The number of nitrogens with zero attached hydrogens (tertiary/aromatic N) is 2. The number of aromatic nitrogens is 1. The maximum absolute atomic E-state index is 12.5. The molecule has 0 radical (unpaired) electrons. The number of rotatable bonds is 6. The lowest BCUT2D eigenvalue weighted by atomic mass is 9.97. The highest BCUT2D eigenvalue weighted by molar-refractivity contribution is 6.32. The summed E-state index contributed by atoms with van der Waals surface area (Å²) in [6.45, 7) is 7.27. The molecule has 0 saturated carbocycles. The fourth-order valence-corrected chi connectivity index (χ4v) is 3.49. The molecule has 6 heteroatoms. The van der Waals surface area contributed by atoms with Crippen molar-refractivity contribution < 1.29 is 9.53 Å². The minimum atomic E-state index is -0.179. The summed E-state index contributed by atoms with van der Waals surface area (Å²) in [4.78, 5) is 19.1. The third-order valence-corrected chi connectivity index (χ3v) is 5.17. The summed E-state index contributed by atoms with van der Waals surface area (Å²) in [5.74, 6) is 1.38. The highest BCUT2D eigenvalue weighted by Gasteiger charge is 2.22. The van der Waals surface area contributed by atoms with Gasteiger partial charge in [-0.1, -0.05) is 23.7 Å². The van der Waals surface area contributed by atoms with Gasteiger partial charge < -0.3 is 15.0 Å². The van der Waals surface area contributed by atoms with Gasteiger partial charge in [0.25, 0.3) is 5.91 Å². The average molecular weight is 388 g/mol. The van der Waals surface area contributed by atoms with E-state index in [2.05, 4.69) is 29.0 Å². The lowest BCUT2D eigenvalue weighted by Gasteiger charge is -2.35. The van der Waals surface area contributed by atoms with Gasteiger partial charge in [0.1, 0.15) is 17.2 Å². The molecular weight excluding hydrogens is 362 g/mol. The second-order valence-corrected chi connectivity index (χ2v) is 7.62. The first-order chi connectivity index (χ1) is 13.0. The highest BCUT2D eigenvalue weighted by atomic mass is 35.5. The van der Waals surface area contributed by atoms with E-state index in [-0.39, 0.29) is 5.91 Å². The fourth-order valence-electron chi connectivity index (χ4n) is 3.31. The first-order valence-electron chi connectivity index (χ1n) is 9.43. The van der Waals surface area contributed by atoms with Crippen LogP contribution in [0.1, 0.15) is 37.2 Å². The molecule has 1 fully saturated rings. The maximum atomic E-state index is 12.5. The van der Waals surface area contributed by atoms with Crippen LogP contribution >= 0.6 is 11.6 Å². The normalized spacial score (nSPS) is 17.7. The molecule has 0 aliphatic carbocycles. The van der Waals surface area contributed by atoms with E-state index in [4.69, 9.17) is 16.3 Å². The minimum absolute atomic E-state index is 0.179. The number of carbonyl (C=O) groups excluding carboxylic acids is 1. The van der Waals surface area contributed by atoms with Crippen LogP contribution in [0.4, 0.5) is 0 Å². The summed E-state index contributed by atoms with van der Waals surface area (Å²) in [6, 6.07) is 11.1. The molecule has 1 aliphatic rings. The lowest BCUT2D eigenvalue weighted by molar-refractivity contribution is 0.0917. The summed E-state index contributed by atoms with van der Waals surface area (Å²) >= 11 is 6.12. The van der Waals surface area contributed by atoms with Crippen molar-refractivity contribution in [3.8, 4) is 11.5 Å². The molecule has 1 N–H and O–H groups in total. The molecule has 1 saturated heterocycles. The predicted octanol–water partition coefficient (Wildman–Crippen LogP) is 4.38. The third kappa shape index (κ3) is 5.44. The molecule has 3 rings (SSSR count). The van der Waals surface area contributed by atoms with Crippen LogP contribution in [0.5, 0.6) is 11.5 Å². The maximum Gasteiger partial charge on any atom is 0.270 e. The van der Waals surface area contributed by atoms with Gasteiger partial charge in [-0.15, -0.1) is 0 Å². The van der Waals surface area contributed by atoms with Crippen LogP contribution in [-0.4, -0.2) is 41.5 Å². The molecule has 144 valence electrons. The van der Waals surface area contributed by atoms with Crippen molar-refractivity contribution in [2.45, 2.75) is 32.7 Å². The van der Waals surface area contributed by atoms with Crippen LogP contribution in [0.3, 0.4) is 0 Å². The monoisotopic (exact) mass is 387 g/mol. The molecule has 1 aromatic heterocycles. The van der Waals surface area contributed by atoms with Crippen LogP contribution in [0.2, 0.25) is 5.02 Å². The molecule has 0 spiro atoms. The zero-order valence-electron chi connectivity index (χ0n) is 15.8. The fraction of sp³-hybridized carbons (Fsp3) is 0.429. The SMILES string of the molecule is CC(C)N1CCC[C@H](CNC(=O)c2cc(Oc3ccccc3Cl)ccn2)C1. The van der Waals surface area contributed by atoms with Gasteiger partial charge >= 0.3 is 0 Å². The number of pyridine rings is 1. The van der Waals surface area contributed by atoms with Gasteiger partial charge in [-0.3, -0.25) is 9.78 Å². The number of para-hydroxylation sites is 1. The van der Waals surface area contributed by atoms with Crippen molar-refractivity contribution >= 4 is 17.5 Å². The number of piperidine rings is 1. The number of hydrogen-bond donors (Lipinski definition) is 1. The minimum Gasteiger partial charge on any atom is -0.456 e. The van der Waals surface area contributed by atoms with E-state index < -0.39 is 0 Å². The number of carbonyl (C=O) groups is 1. The van der Waals surface area contributed by atoms with Crippen molar-refractivity contribution in [1.29, 1.82) is 0 Å². The Bertz CT molecular complexity index is 782. The largest absolute Gasteiger partial charge is 0.456 e. The summed E-state index contributed by atoms with van der Waals surface area (Å²) in [6.07, 6.45) is 3.90. The van der Waals surface area contributed by atoms with Crippen molar-refractivity contribution in [2.75, 3.05) is 19.6 Å². The molecule has 1 aromatic carbocycles. The Hall–Kier alpha value is -2.11. The smallest absolute Gasteiger partial charge is 0.270 e. The van der Waals surface area contributed by atoms with E-state index in [0.29, 0.717) is 40.7 Å². The second kappa shape index (κ2) is 9.20. The lowest BCUT2D eigenvalue weighted by Crippen LogP contribution is -2.43. The van der Waals surface area contributed by atoms with Crippen molar-refractivity contribution in [2.24, 2.45) is 5.92 Å². The van der Waals surface area contributed by atoms with Gasteiger partial charge in [0.2, 0.25) is 0 Å². The number of likely N-dealkylation sites (tertiary alicyclic amines) is 1.